The van der Waals surface area contributed by atoms with E-state index < -0.39 is 0 Å². The number of aromatic nitrogens is 3. The summed E-state index contributed by atoms with van der Waals surface area (Å²) in [5.74, 6) is -0.609. The largest absolute Gasteiger partial charge is 0.433 e. The molecule has 0 saturated heterocycles. The maximum atomic E-state index is 12.9. The van der Waals surface area contributed by atoms with Crippen molar-refractivity contribution in [2.75, 3.05) is 0 Å². The third-order valence-electron chi connectivity index (χ3n) is 3.83. The van der Waals surface area contributed by atoms with Gasteiger partial charge < -0.3 is 0 Å². The number of hydrogen-bond acceptors (Lipinski definition) is 4. The third kappa shape index (κ3) is 4.06. The van der Waals surface area contributed by atoms with Gasteiger partial charge in [-0.1, -0.05) is 5.21 Å². The molecule has 0 N–H and O–H groups in total. The number of halogens is 1. The highest BCUT2D eigenvalue weighted by Gasteiger charge is 2.42. The fourth-order valence-corrected chi connectivity index (χ4v) is 2.33. The lowest BCUT2D eigenvalue weighted by Gasteiger charge is -1.98. The first-order valence-electron chi connectivity index (χ1n) is 7.79. The number of rotatable bonds is 7. The first-order valence-corrected chi connectivity index (χ1v) is 7.79. The molecule has 1 fully saturated rings. The van der Waals surface area contributed by atoms with Gasteiger partial charge in [-0.2, -0.15) is 0 Å². The van der Waals surface area contributed by atoms with E-state index in [0.29, 0.717) is 23.4 Å². The predicted octanol–water partition coefficient (Wildman–Crippen LogP) is 2.72. The van der Waals surface area contributed by atoms with E-state index in [2.05, 4.69) is 10.3 Å². The molecule has 1 aromatic heterocycles. The first kappa shape index (κ1) is 15.5. The van der Waals surface area contributed by atoms with Gasteiger partial charge in [-0.3, -0.25) is 4.68 Å². The van der Waals surface area contributed by atoms with Gasteiger partial charge >= 0.3 is 5.91 Å². The molecule has 0 spiro atoms. The molecule has 0 bridgehead atoms. The number of benzene rings is 1. The van der Waals surface area contributed by atoms with Crippen LogP contribution in [0, 0.1) is 10.7 Å². The van der Waals surface area contributed by atoms with Crippen molar-refractivity contribution in [2.45, 2.75) is 44.7 Å². The molecular weight excluding hydrogens is 299 g/mol. The summed E-state index contributed by atoms with van der Waals surface area (Å²) in [4.78, 5) is 23.1. The molecule has 1 heterocycles. The lowest BCUT2D eigenvalue weighted by Crippen LogP contribution is -2.19. The molecule has 2 aromatic rings. The molecule has 23 heavy (non-hydrogen) atoms. The molecule has 1 aromatic carbocycles. The summed E-state index contributed by atoms with van der Waals surface area (Å²) in [6.07, 6.45) is 5.13. The number of hydrogen-bond donors (Lipinski definition) is 0. The molecule has 0 aliphatic heterocycles. The summed E-state index contributed by atoms with van der Waals surface area (Å²) in [5, 5.41) is 8.08. The lowest BCUT2D eigenvalue weighted by atomic mass is 10.2. The van der Waals surface area contributed by atoms with Crippen molar-refractivity contribution in [3.05, 3.63) is 41.2 Å². The van der Waals surface area contributed by atoms with Gasteiger partial charge in [-0.25, -0.2) is 9.18 Å². The minimum absolute atomic E-state index is 0.0731. The van der Waals surface area contributed by atoms with E-state index in [1.807, 2.05) is 0 Å². The van der Waals surface area contributed by atoms with Crippen LogP contribution in [0.2, 0.25) is 0 Å². The summed E-state index contributed by atoms with van der Waals surface area (Å²) >= 11 is 0. The number of unbranched alkanes of at least 4 members (excludes halogenated alkanes) is 1. The topological polar surface area (TPSA) is 67.9 Å². The van der Waals surface area contributed by atoms with Gasteiger partial charge in [0.1, 0.15) is 11.5 Å². The van der Waals surface area contributed by atoms with Crippen LogP contribution < -0.4 is 0 Å². The van der Waals surface area contributed by atoms with Crippen LogP contribution >= 0.6 is 0 Å². The lowest BCUT2D eigenvalue weighted by molar-refractivity contribution is -0.483. The highest BCUT2D eigenvalue weighted by Crippen LogP contribution is 2.23. The maximum absolute atomic E-state index is 12.9. The van der Waals surface area contributed by atoms with Crippen LogP contribution in [0.5, 0.6) is 0 Å². The molecule has 1 amide bonds. The van der Waals surface area contributed by atoms with Gasteiger partial charge in [0.2, 0.25) is 6.04 Å². The highest BCUT2D eigenvalue weighted by molar-refractivity contribution is 5.67. The second-order valence-corrected chi connectivity index (χ2v) is 5.78. The molecule has 0 radical (unpaired) electrons. The van der Waals surface area contributed by atoms with Gasteiger partial charge in [-0.15, -0.1) is 5.10 Å². The van der Waals surface area contributed by atoms with E-state index in [4.69, 9.17) is 0 Å². The van der Waals surface area contributed by atoms with Crippen molar-refractivity contribution in [2.24, 2.45) is 0 Å². The van der Waals surface area contributed by atoms with Crippen LogP contribution in [0.15, 0.2) is 30.5 Å². The van der Waals surface area contributed by atoms with E-state index in [9.17, 15) is 14.1 Å². The normalized spacial score (nSPS) is 14.0. The van der Waals surface area contributed by atoms with E-state index in [1.165, 1.54) is 12.1 Å². The minimum Gasteiger partial charge on any atom is -0.252 e. The number of aryl methyl sites for hydroxylation is 1. The smallest absolute Gasteiger partial charge is 0.252 e. The van der Waals surface area contributed by atoms with Gasteiger partial charge in [0.25, 0.3) is 0 Å². The van der Waals surface area contributed by atoms with Gasteiger partial charge in [-0.05, 0) is 37.1 Å². The summed E-state index contributed by atoms with van der Waals surface area (Å²) < 4.78 is 15.2. The Kier molecular flexibility index (Phi) is 4.55. The number of nitrogens with zero attached hydrogens (tertiary/aromatic N) is 4. The number of nitroso groups, excluding NO2 is 1. The van der Waals surface area contributed by atoms with E-state index in [1.54, 1.807) is 23.0 Å². The van der Waals surface area contributed by atoms with Crippen molar-refractivity contribution in [3.8, 4) is 11.3 Å². The molecule has 6 nitrogen and oxygen atoms in total. The number of amides is 1. The van der Waals surface area contributed by atoms with Crippen LogP contribution in [0.25, 0.3) is 11.3 Å². The Morgan fingerprint density at radius 3 is 2.70 bits per heavy atom. The molecule has 7 heteroatoms. The van der Waals surface area contributed by atoms with Crippen molar-refractivity contribution in [1.29, 1.82) is 0 Å². The molecular formula is C16H18FN4O2+. The average molecular weight is 317 g/mol. The number of carbonyl (C=O) groups is 1. The Balaban J connectivity index is 1.45. The Labute approximate surface area is 132 Å². The fraction of sp³-hybridized carbons (Fsp3) is 0.438. The average Bonchev–Trinajstić information content (AvgIpc) is 3.30. The van der Waals surface area contributed by atoms with E-state index in [0.717, 1.165) is 24.8 Å². The Morgan fingerprint density at radius 1 is 1.26 bits per heavy atom. The van der Waals surface area contributed by atoms with Gasteiger partial charge in [0.15, 0.2) is 0 Å². The van der Waals surface area contributed by atoms with Gasteiger partial charge in [0, 0.05) is 29.9 Å². The number of carbonyl (C=O) groups excluding carboxylic acids is 1. The molecule has 120 valence electrons. The molecule has 0 unspecified atom stereocenters. The quantitative estimate of drug-likeness (QED) is 0.581. The van der Waals surface area contributed by atoms with Crippen LogP contribution in [0.3, 0.4) is 0 Å². The summed E-state index contributed by atoms with van der Waals surface area (Å²) in [5.41, 5.74) is 1.49. The van der Waals surface area contributed by atoms with Crippen LogP contribution in [-0.4, -0.2) is 31.7 Å². The second kappa shape index (κ2) is 6.76. The zero-order chi connectivity index (χ0) is 16.2. The monoisotopic (exact) mass is 317 g/mol. The minimum atomic E-state index is -0.321. The van der Waals surface area contributed by atoms with Gasteiger partial charge in [0.05, 0.1) is 17.4 Å². The Morgan fingerprint density at radius 2 is 2.00 bits per heavy atom. The molecule has 0 atom stereocenters. The molecule has 1 saturated carbocycles. The molecule has 1 aliphatic rings. The second-order valence-electron chi connectivity index (χ2n) is 5.78. The van der Waals surface area contributed by atoms with Crippen molar-refractivity contribution in [1.82, 2.24) is 15.0 Å². The Hall–Kier alpha value is -2.44. The maximum Gasteiger partial charge on any atom is 0.433 e. The van der Waals surface area contributed by atoms with Crippen molar-refractivity contribution >= 4 is 5.91 Å². The highest BCUT2D eigenvalue weighted by atomic mass is 19.1. The zero-order valence-corrected chi connectivity index (χ0v) is 12.7. The van der Waals surface area contributed by atoms with Crippen LogP contribution in [0.4, 0.5) is 4.39 Å². The summed E-state index contributed by atoms with van der Waals surface area (Å²) in [7, 11) is 0. The van der Waals surface area contributed by atoms with Crippen molar-refractivity contribution in [3.63, 3.8) is 0 Å². The van der Waals surface area contributed by atoms with Crippen LogP contribution in [0.1, 0.15) is 32.1 Å². The summed E-state index contributed by atoms with van der Waals surface area (Å²) in [6.45, 7) is 0.629. The van der Waals surface area contributed by atoms with E-state index >= 15 is 0 Å². The zero-order valence-electron chi connectivity index (χ0n) is 12.7. The van der Waals surface area contributed by atoms with E-state index in [-0.39, 0.29) is 24.2 Å². The van der Waals surface area contributed by atoms with Crippen molar-refractivity contribution < 1.29 is 13.9 Å². The Bertz CT molecular complexity index is 707. The third-order valence-corrected chi connectivity index (χ3v) is 3.83. The summed E-state index contributed by atoms with van der Waals surface area (Å²) in [6, 6.07) is 6.01. The molecule has 3 rings (SSSR count). The SMILES string of the molecule is O=C(CCCCn1cc(-c2ccc(F)cc2)nn1)[N+](=O)C1CC1. The van der Waals surface area contributed by atoms with Crippen LogP contribution in [-0.2, 0) is 11.3 Å². The standard InChI is InChI=1S/C16H18FN4O2/c17-13-6-4-12(5-7-13)15-11-20(19-18-15)10-2-1-3-16(22)21(23)14-8-9-14/h4-7,11,14H,1-3,8-10H2/q+1. The first-order chi connectivity index (χ1) is 11.1. The molecule has 1 aliphatic carbocycles. The fourth-order valence-electron chi connectivity index (χ4n) is 2.33. The predicted molar refractivity (Wildman–Crippen MR) is 80.9 cm³/mol.